The van der Waals surface area contributed by atoms with Gasteiger partial charge in [-0.3, -0.25) is 9.59 Å². The standard InChI is InChI=1S/C12H17NO3S/c1-9(2)13(7-3-6-11(14)15)12(16)10-5-4-8-17-10/h4-5,8-9H,3,6-7H2,1-2H3,(H,14,15). The van der Waals surface area contributed by atoms with E-state index in [1.165, 1.54) is 11.3 Å². The van der Waals surface area contributed by atoms with Gasteiger partial charge in [0.25, 0.3) is 5.91 Å². The molecule has 0 fully saturated rings. The van der Waals surface area contributed by atoms with Gasteiger partial charge in [-0.25, -0.2) is 0 Å². The fourth-order valence-corrected chi connectivity index (χ4v) is 2.22. The van der Waals surface area contributed by atoms with Crippen molar-refractivity contribution < 1.29 is 14.7 Å². The molecule has 1 amide bonds. The molecule has 0 aliphatic rings. The average molecular weight is 255 g/mol. The molecule has 0 unspecified atom stereocenters. The summed E-state index contributed by atoms with van der Waals surface area (Å²) in [6, 6.07) is 3.71. The van der Waals surface area contributed by atoms with Crippen LogP contribution in [-0.2, 0) is 4.79 Å². The first-order chi connectivity index (χ1) is 8.02. The molecule has 1 rings (SSSR count). The average Bonchev–Trinajstić information content (AvgIpc) is 2.75. The Kier molecular flexibility index (Phi) is 5.15. The second-order valence-electron chi connectivity index (χ2n) is 4.07. The number of hydrogen-bond acceptors (Lipinski definition) is 3. The zero-order valence-electron chi connectivity index (χ0n) is 10.0. The molecule has 1 N–H and O–H groups in total. The molecule has 0 atom stereocenters. The van der Waals surface area contributed by atoms with E-state index in [4.69, 9.17) is 5.11 Å². The molecule has 94 valence electrons. The van der Waals surface area contributed by atoms with E-state index in [-0.39, 0.29) is 18.4 Å². The highest BCUT2D eigenvalue weighted by molar-refractivity contribution is 7.12. The minimum Gasteiger partial charge on any atom is -0.481 e. The Morgan fingerprint density at radius 1 is 1.47 bits per heavy atom. The van der Waals surface area contributed by atoms with Gasteiger partial charge in [-0.2, -0.15) is 0 Å². The zero-order valence-corrected chi connectivity index (χ0v) is 10.9. The van der Waals surface area contributed by atoms with Crippen molar-refractivity contribution in [3.05, 3.63) is 22.4 Å². The smallest absolute Gasteiger partial charge is 0.303 e. The number of carboxylic acids is 1. The van der Waals surface area contributed by atoms with Gasteiger partial charge in [0.2, 0.25) is 0 Å². The van der Waals surface area contributed by atoms with Crippen LogP contribution in [0, 0.1) is 0 Å². The van der Waals surface area contributed by atoms with Crippen molar-refractivity contribution in [1.82, 2.24) is 4.90 Å². The molecule has 4 nitrogen and oxygen atoms in total. The molecule has 0 saturated carbocycles. The first kappa shape index (κ1) is 13.7. The Labute approximate surface area is 105 Å². The van der Waals surface area contributed by atoms with E-state index in [1.54, 1.807) is 11.0 Å². The maximum absolute atomic E-state index is 12.1. The maximum atomic E-state index is 12.1. The van der Waals surface area contributed by atoms with Crippen molar-refractivity contribution in [2.75, 3.05) is 6.54 Å². The predicted molar refractivity (Wildman–Crippen MR) is 67.4 cm³/mol. The molecule has 0 radical (unpaired) electrons. The molecule has 0 spiro atoms. The molecule has 1 aromatic rings. The minimum absolute atomic E-state index is 0.0135. The summed E-state index contributed by atoms with van der Waals surface area (Å²) in [6.07, 6.45) is 0.589. The highest BCUT2D eigenvalue weighted by Gasteiger charge is 2.19. The quantitative estimate of drug-likeness (QED) is 0.849. The lowest BCUT2D eigenvalue weighted by Gasteiger charge is -2.26. The van der Waals surface area contributed by atoms with Crippen LogP contribution in [0.1, 0.15) is 36.4 Å². The summed E-state index contributed by atoms with van der Waals surface area (Å²) in [4.78, 5) is 25.0. The van der Waals surface area contributed by atoms with Crippen LogP contribution in [0.25, 0.3) is 0 Å². The normalized spacial score (nSPS) is 10.5. The number of carbonyl (C=O) groups excluding carboxylic acids is 1. The Hall–Kier alpha value is -1.36. The lowest BCUT2D eigenvalue weighted by atomic mass is 10.2. The summed E-state index contributed by atoms with van der Waals surface area (Å²) in [5, 5.41) is 10.5. The Morgan fingerprint density at radius 3 is 2.65 bits per heavy atom. The SMILES string of the molecule is CC(C)N(CCCC(=O)O)C(=O)c1cccs1. The predicted octanol–water partition coefficient (Wildman–Crippen LogP) is 2.46. The third-order valence-corrected chi connectivity index (χ3v) is 3.26. The van der Waals surface area contributed by atoms with Crippen LogP contribution in [0.5, 0.6) is 0 Å². The summed E-state index contributed by atoms with van der Waals surface area (Å²) in [5.74, 6) is -0.835. The molecule has 5 heteroatoms. The largest absolute Gasteiger partial charge is 0.481 e. The monoisotopic (exact) mass is 255 g/mol. The number of aliphatic carboxylic acids is 1. The van der Waals surface area contributed by atoms with Gasteiger partial charge < -0.3 is 10.0 Å². The lowest BCUT2D eigenvalue weighted by molar-refractivity contribution is -0.137. The van der Waals surface area contributed by atoms with Gasteiger partial charge in [0, 0.05) is 19.0 Å². The number of carbonyl (C=O) groups is 2. The summed E-state index contributed by atoms with van der Waals surface area (Å²) >= 11 is 1.41. The first-order valence-electron chi connectivity index (χ1n) is 5.58. The fourth-order valence-electron chi connectivity index (χ4n) is 1.54. The number of amides is 1. The molecular formula is C12H17NO3S. The van der Waals surface area contributed by atoms with Gasteiger partial charge in [0.05, 0.1) is 4.88 Å². The highest BCUT2D eigenvalue weighted by atomic mass is 32.1. The Balaban J connectivity index is 2.60. The van der Waals surface area contributed by atoms with Crippen molar-refractivity contribution in [2.24, 2.45) is 0 Å². The molecule has 17 heavy (non-hydrogen) atoms. The molecule has 0 saturated heterocycles. The van der Waals surface area contributed by atoms with Gasteiger partial charge in [0.15, 0.2) is 0 Å². The van der Waals surface area contributed by atoms with Crippen molar-refractivity contribution in [2.45, 2.75) is 32.7 Å². The van der Waals surface area contributed by atoms with E-state index in [0.29, 0.717) is 17.8 Å². The van der Waals surface area contributed by atoms with Crippen LogP contribution in [0.15, 0.2) is 17.5 Å². The Morgan fingerprint density at radius 2 is 2.18 bits per heavy atom. The van der Waals surface area contributed by atoms with Gasteiger partial charge in [-0.05, 0) is 31.7 Å². The highest BCUT2D eigenvalue weighted by Crippen LogP contribution is 2.14. The molecule has 0 aliphatic heterocycles. The summed E-state index contributed by atoms with van der Waals surface area (Å²) in [7, 11) is 0. The van der Waals surface area contributed by atoms with E-state index < -0.39 is 5.97 Å². The maximum Gasteiger partial charge on any atom is 0.303 e. The number of hydrogen-bond donors (Lipinski definition) is 1. The lowest BCUT2D eigenvalue weighted by Crippen LogP contribution is -2.37. The van der Waals surface area contributed by atoms with Crippen LogP contribution in [0.3, 0.4) is 0 Å². The molecular weight excluding hydrogens is 238 g/mol. The van der Waals surface area contributed by atoms with Crippen LogP contribution in [0.4, 0.5) is 0 Å². The molecule has 1 aromatic heterocycles. The Bertz CT molecular complexity index is 373. The van der Waals surface area contributed by atoms with Crippen molar-refractivity contribution in [3.63, 3.8) is 0 Å². The van der Waals surface area contributed by atoms with Gasteiger partial charge in [0.1, 0.15) is 0 Å². The van der Waals surface area contributed by atoms with E-state index in [0.717, 1.165) is 0 Å². The minimum atomic E-state index is -0.822. The molecule has 0 bridgehead atoms. The topological polar surface area (TPSA) is 57.6 Å². The van der Waals surface area contributed by atoms with Crippen molar-refractivity contribution in [1.29, 1.82) is 0 Å². The van der Waals surface area contributed by atoms with E-state index in [9.17, 15) is 9.59 Å². The second kappa shape index (κ2) is 6.39. The number of thiophene rings is 1. The second-order valence-corrected chi connectivity index (χ2v) is 5.01. The van der Waals surface area contributed by atoms with Gasteiger partial charge in [-0.15, -0.1) is 11.3 Å². The number of nitrogens with zero attached hydrogens (tertiary/aromatic N) is 1. The summed E-state index contributed by atoms with van der Waals surface area (Å²) in [6.45, 7) is 4.36. The van der Waals surface area contributed by atoms with Crippen molar-refractivity contribution in [3.8, 4) is 0 Å². The summed E-state index contributed by atoms with van der Waals surface area (Å²) < 4.78 is 0. The van der Waals surface area contributed by atoms with E-state index in [2.05, 4.69) is 0 Å². The van der Waals surface area contributed by atoms with Crippen LogP contribution in [-0.4, -0.2) is 34.5 Å². The molecule has 1 heterocycles. The molecule has 0 aromatic carbocycles. The molecule has 0 aliphatic carbocycles. The third kappa shape index (κ3) is 4.19. The van der Waals surface area contributed by atoms with Crippen molar-refractivity contribution >= 4 is 23.2 Å². The van der Waals surface area contributed by atoms with E-state index in [1.807, 2.05) is 25.3 Å². The van der Waals surface area contributed by atoms with Crippen LogP contribution >= 0.6 is 11.3 Å². The summed E-state index contributed by atoms with van der Waals surface area (Å²) in [5.41, 5.74) is 0. The number of carboxylic acid groups (broad SMARTS) is 1. The third-order valence-electron chi connectivity index (χ3n) is 2.41. The fraction of sp³-hybridized carbons (Fsp3) is 0.500. The number of rotatable bonds is 6. The van der Waals surface area contributed by atoms with Crippen LogP contribution < -0.4 is 0 Å². The van der Waals surface area contributed by atoms with Gasteiger partial charge in [-0.1, -0.05) is 6.07 Å². The van der Waals surface area contributed by atoms with Crippen LogP contribution in [0.2, 0.25) is 0 Å². The first-order valence-corrected chi connectivity index (χ1v) is 6.46. The zero-order chi connectivity index (χ0) is 12.8. The van der Waals surface area contributed by atoms with E-state index >= 15 is 0 Å². The van der Waals surface area contributed by atoms with Gasteiger partial charge >= 0.3 is 5.97 Å².